The highest BCUT2D eigenvalue weighted by atomic mass is 35.5. The maximum Gasteiger partial charge on any atom is 0.0832 e. The van der Waals surface area contributed by atoms with Gasteiger partial charge in [0, 0.05) is 19.1 Å². The number of nitrogens with zero attached hydrogens (tertiary/aromatic N) is 3. The van der Waals surface area contributed by atoms with Crippen molar-refractivity contribution in [3.05, 3.63) is 11.9 Å². The van der Waals surface area contributed by atoms with Gasteiger partial charge in [-0.25, -0.2) is 0 Å². The summed E-state index contributed by atoms with van der Waals surface area (Å²) in [5.41, 5.74) is 1.36. The van der Waals surface area contributed by atoms with Crippen molar-refractivity contribution in [1.82, 2.24) is 15.0 Å². The Morgan fingerprint density at radius 1 is 1.42 bits per heavy atom. The second-order valence-electron chi connectivity index (χ2n) is 6.28. The van der Waals surface area contributed by atoms with Gasteiger partial charge in [-0.2, -0.15) is 0 Å². The third-order valence-corrected chi connectivity index (χ3v) is 5.19. The monoisotopic (exact) mass is 283 g/mol. The van der Waals surface area contributed by atoms with Gasteiger partial charge in [0.05, 0.1) is 5.69 Å². The molecule has 0 aliphatic heterocycles. The van der Waals surface area contributed by atoms with Crippen LogP contribution in [0.4, 0.5) is 0 Å². The molecule has 4 heteroatoms. The van der Waals surface area contributed by atoms with Gasteiger partial charge < -0.3 is 0 Å². The van der Waals surface area contributed by atoms with Crippen LogP contribution >= 0.6 is 11.6 Å². The first kappa shape index (κ1) is 14.8. The standard InChI is InChI=1S/C15H26ClN3/c1-3-4-5-13-6-8-15(12-16,9-7-13)10-14-11-19(2)18-17-14/h11,13H,3-10,12H2,1-2H3. The van der Waals surface area contributed by atoms with Crippen molar-refractivity contribution in [2.75, 3.05) is 5.88 Å². The van der Waals surface area contributed by atoms with E-state index in [1.165, 1.54) is 44.9 Å². The molecule has 0 spiro atoms. The molecule has 0 amide bonds. The minimum absolute atomic E-state index is 0.264. The zero-order chi connectivity index (χ0) is 13.7. The molecule has 1 aliphatic carbocycles. The highest BCUT2D eigenvalue weighted by Crippen LogP contribution is 2.43. The Kier molecular flexibility index (Phi) is 5.26. The van der Waals surface area contributed by atoms with Crippen LogP contribution in [0.2, 0.25) is 0 Å². The molecule has 19 heavy (non-hydrogen) atoms. The van der Waals surface area contributed by atoms with E-state index in [0.29, 0.717) is 0 Å². The molecule has 1 aromatic rings. The summed E-state index contributed by atoms with van der Waals surface area (Å²) in [5.74, 6) is 1.68. The predicted octanol–water partition coefficient (Wildman–Crippen LogP) is 3.96. The summed E-state index contributed by atoms with van der Waals surface area (Å²) < 4.78 is 1.78. The van der Waals surface area contributed by atoms with Crippen LogP contribution < -0.4 is 0 Å². The molecular formula is C15H26ClN3. The van der Waals surface area contributed by atoms with Crippen molar-refractivity contribution in [2.24, 2.45) is 18.4 Å². The Balaban J connectivity index is 1.90. The quantitative estimate of drug-likeness (QED) is 0.740. The molecule has 0 unspecified atom stereocenters. The summed E-state index contributed by atoms with van der Waals surface area (Å²) in [6.45, 7) is 2.28. The molecule has 1 heterocycles. The number of unbranched alkanes of at least 4 members (excludes halogenated alkanes) is 1. The lowest BCUT2D eigenvalue weighted by Gasteiger charge is -2.38. The van der Waals surface area contributed by atoms with Crippen LogP contribution in [0.1, 0.15) is 57.6 Å². The van der Waals surface area contributed by atoms with Gasteiger partial charge in [0.2, 0.25) is 0 Å². The maximum absolute atomic E-state index is 6.29. The van der Waals surface area contributed by atoms with Gasteiger partial charge in [-0.15, -0.1) is 16.7 Å². The summed E-state index contributed by atoms with van der Waals surface area (Å²) in [6, 6.07) is 0. The fraction of sp³-hybridized carbons (Fsp3) is 0.867. The minimum Gasteiger partial charge on any atom is -0.255 e. The Morgan fingerprint density at radius 2 is 2.16 bits per heavy atom. The fourth-order valence-corrected chi connectivity index (χ4v) is 3.65. The van der Waals surface area contributed by atoms with Gasteiger partial charge in [-0.3, -0.25) is 4.68 Å². The van der Waals surface area contributed by atoms with E-state index < -0.39 is 0 Å². The van der Waals surface area contributed by atoms with Crippen molar-refractivity contribution in [3.63, 3.8) is 0 Å². The van der Waals surface area contributed by atoms with E-state index >= 15 is 0 Å². The molecule has 0 aromatic carbocycles. The number of hydrogen-bond acceptors (Lipinski definition) is 2. The van der Waals surface area contributed by atoms with Gasteiger partial charge in [0.1, 0.15) is 0 Å². The lowest BCUT2D eigenvalue weighted by atomic mass is 9.68. The second-order valence-corrected chi connectivity index (χ2v) is 6.55. The maximum atomic E-state index is 6.29. The second kappa shape index (κ2) is 6.74. The largest absolute Gasteiger partial charge is 0.255 e. The van der Waals surface area contributed by atoms with Crippen LogP contribution in [0, 0.1) is 11.3 Å². The zero-order valence-electron chi connectivity index (χ0n) is 12.2. The van der Waals surface area contributed by atoms with Crippen molar-refractivity contribution >= 4 is 11.6 Å². The number of alkyl halides is 1. The Morgan fingerprint density at radius 3 is 2.68 bits per heavy atom. The number of aromatic nitrogens is 3. The van der Waals surface area contributed by atoms with E-state index in [2.05, 4.69) is 17.2 Å². The van der Waals surface area contributed by atoms with E-state index in [1.807, 2.05) is 13.2 Å². The number of halogens is 1. The van der Waals surface area contributed by atoms with Crippen LogP contribution in [-0.4, -0.2) is 20.9 Å². The minimum atomic E-state index is 0.264. The number of hydrogen-bond donors (Lipinski definition) is 0. The van der Waals surface area contributed by atoms with Gasteiger partial charge in [0.25, 0.3) is 0 Å². The SMILES string of the molecule is CCCCC1CCC(CCl)(Cc2cn(C)nn2)CC1. The van der Waals surface area contributed by atoms with Crippen molar-refractivity contribution in [2.45, 2.75) is 58.3 Å². The van der Waals surface area contributed by atoms with Crippen LogP contribution in [0.25, 0.3) is 0 Å². The summed E-state index contributed by atoms with van der Waals surface area (Å²) in [4.78, 5) is 0. The van der Waals surface area contributed by atoms with Crippen LogP contribution in [0.3, 0.4) is 0 Å². The molecular weight excluding hydrogens is 258 g/mol. The predicted molar refractivity (Wildman–Crippen MR) is 79.3 cm³/mol. The summed E-state index contributed by atoms with van der Waals surface area (Å²) in [6.07, 6.45) is 12.3. The molecule has 0 saturated heterocycles. The highest BCUT2D eigenvalue weighted by molar-refractivity contribution is 6.18. The van der Waals surface area contributed by atoms with E-state index in [1.54, 1.807) is 4.68 Å². The van der Waals surface area contributed by atoms with Crippen molar-refractivity contribution < 1.29 is 0 Å². The number of aryl methyl sites for hydroxylation is 1. The smallest absolute Gasteiger partial charge is 0.0832 e. The van der Waals surface area contributed by atoms with Crippen LogP contribution in [0.5, 0.6) is 0 Å². The van der Waals surface area contributed by atoms with Crippen molar-refractivity contribution in [3.8, 4) is 0 Å². The molecule has 1 aromatic heterocycles. The van der Waals surface area contributed by atoms with E-state index in [0.717, 1.165) is 23.9 Å². The molecule has 3 nitrogen and oxygen atoms in total. The molecule has 1 saturated carbocycles. The first-order valence-corrected chi connectivity index (χ1v) is 8.12. The molecule has 0 N–H and O–H groups in total. The molecule has 2 rings (SSSR count). The molecule has 108 valence electrons. The summed E-state index contributed by atoms with van der Waals surface area (Å²) >= 11 is 6.29. The third-order valence-electron chi connectivity index (χ3n) is 4.62. The Bertz CT molecular complexity index is 380. The molecule has 1 fully saturated rings. The Hall–Kier alpha value is -0.570. The third kappa shape index (κ3) is 3.95. The first-order chi connectivity index (χ1) is 9.17. The van der Waals surface area contributed by atoms with Gasteiger partial charge in [0.15, 0.2) is 0 Å². The van der Waals surface area contributed by atoms with Gasteiger partial charge >= 0.3 is 0 Å². The van der Waals surface area contributed by atoms with E-state index in [9.17, 15) is 0 Å². The lowest BCUT2D eigenvalue weighted by molar-refractivity contribution is 0.164. The molecule has 1 aliphatic rings. The van der Waals surface area contributed by atoms with Crippen LogP contribution in [0.15, 0.2) is 6.20 Å². The van der Waals surface area contributed by atoms with Gasteiger partial charge in [-0.1, -0.05) is 31.4 Å². The molecule has 0 bridgehead atoms. The van der Waals surface area contributed by atoms with Crippen LogP contribution in [-0.2, 0) is 13.5 Å². The molecule has 0 radical (unpaired) electrons. The summed E-state index contributed by atoms with van der Waals surface area (Å²) in [7, 11) is 1.92. The summed E-state index contributed by atoms with van der Waals surface area (Å²) in [5, 5.41) is 8.25. The topological polar surface area (TPSA) is 30.7 Å². The highest BCUT2D eigenvalue weighted by Gasteiger charge is 2.35. The average molecular weight is 284 g/mol. The Labute approximate surface area is 121 Å². The van der Waals surface area contributed by atoms with Gasteiger partial charge in [-0.05, 0) is 43.4 Å². The average Bonchev–Trinajstić information content (AvgIpc) is 2.83. The fourth-order valence-electron chi connectivity index (χ4n) is 3.29. The normalized spacial score (nSPS) is 27.6. The number of rotatable bonds is 6. The van der Waals surface area contributed by atoms with Crippen molar-refractivity contribution in [1.29, 1.82) is 0 Å². The molecule has 0 atom stereocenters. The lowest BCUT2D eigenvalue weighted by Crippen LogP contribution is -2.31. The first-order valence-electron chi connectivity index (χ1n) is 7.58. The van der Waals surface area contributed by atoms with E-state index in [-0.39, 0.29) is 5.41 Å². The zero-order valence-corrected chi connectivity index (χ0v) is 13.0. The van der Waals surface area contributed by atoms with E-state index in [4.69, 9.17) is 11.6 Å².